The summed E-state index contributed by atoms with van der Waals surface area (Å²) in [5, 5.41) is 4.73. The highest BCUT2D eigenvalue weighted by molar-refractivity contribution is 9.10. The highest BCUT2D eigenvalue weighted by Gasteiger charge is 2.11. The molecule has 0 spiro atoms. The molecule has 2 aromatic heterocycles. The van der Waals surface area contributed by atoms with Crippen LogP contribution in [0.15, 0.2) is 40.2 Å². The van der Waals surface area contributed by atoms with Gasteiger partial charge in [0.1, 0.15) is 10.7 Å². The number of H-pyrrole nitrogens is 1. The number of nitrogens with one attached hydrogen (secondary N) is 2. The first-order valence-corrected chi connectivity index (χ1v) is 7.36. The van der Waals surface area contributed by atoms with E-state index in [0.717, 1.165) is 21.3 Å². The third-order valence-corrected chi connectivity index (χ3v) is 4.51. The maximum Gasteiger partial charge on any atom is 0.262 e. The second-order valence-electron chi connectivity index (χ2n) is 3.98. The van der Waals surface area contributed by atoms with Crippen molar-refractivity contribution in [3.8, 4) is 0 Å². The number of halogens is 1. The van der Waals surface area contributed by atoms with Crippen LogP contribution in [0.3, 0.4) is 0 Å². The van der Waals surface area contributed by atoms with Crippen molar-refractivity contribution in [2.75, 3.05) is 0 Å². The fourth-order valence-corrected chi connectivity index (χ4v) is 3.26. The van der Waals surface area contributed by atoms with Gasteiger partial charge in [0.15, 0.2) is 0 Å². The number of amides is 1. The number of imidazole rings is 1. The van der Waals surface area contributed by atoms with Crippen molar-refractivity contribution >= 4 is 44.2 Å². The van der Waals surface area contributed by atoms with E-state index in [1.54, 1.807) is 0 Å². The Balaban J connectivity index is 1.72. The molecule has 0 aliphatic carbocycles. The van der Waals surface area contributed by atoms with Crippen LogP contribution in [0.25, 0.3) is 11.0 Å². The average molecular weight is 336 g/mol. The molecule has 1 amide bonds. The lowest BCUT2D eigenvalue weighted by Crippen LogP contribution is -2.22. The zero-order chi connectivity index (χ0) is 13.2. The predicted molar refractivity (Wildman–Crippen MR) is 79.3 cm³/mol. The van der Waals surface area contributed by atoms with Crippen LogP contribution < -0.4 is 5.32 Å². The quantitative estimate of drug-likeness (QED) is 0.771. The summed E-state index contributed by atoms with van der Waals surface area (Å²) in [6, 6.07) is 9.65. The summed E-state index contributed by atoms with van der Waals surface area (Å²) < 4.78 is 0.819. The molecule has 3 rings (SSSR count). The minimum atomic E-state index is -0.0951. The third kappa shape index (κ3) is 2.54. The SMILES string of the molecule is O=C(NCc1nc2ccccc2[nH]1)c1sccc1Br. The number of hydrogen-bond donors (Lipinski definition) is 2. The van der Waals surface area contributed by atoms with Crippen LogP contribution >= 0.6 is 27.3 Å². The molecule has 96 valence electrons. The number of fused-ring (bicyclic) bond motifs is 1. The first-order valence-electron chi connectivity index (χ1n) is 5.69. The molecule has 0 unspecified atom stereocenters. The normalized spacial score (nSPS) is 10.8. The molecule has 6 heteroatoms. The summed E-state index contributed by atoms with van der Waals surface area (Å²) in [6.45, 7) is 0.387. The van der Waals surface area contributed by atoms with E-state index in [1.165, 1.54) is 11.3 Å². The minimum absolute atomic E-state index is 0.0951. The lowest BCUT2D eigenvalue weighted by Gasteiger charge is -2.01. The van der Waals surface area contributed by atoms with Crippen molar-refractivity contribution < 1.29 is 4.79 Å². The molecular weight excluding hydrogens is 326 g/mol. The van der Waals surface area contributed by atoms with Gasteiger partial charge in [0.25, 0.3) is 5.91 Å². The second kappa shape index (κ2) is 5.14. The number of aromatic nitrogens is 2. The fourth-order valence-electron chi connectivity index (χ4n) is 1.79. The van der Waals surface area contributed by atoms with Crippen LogP contribution in [-0.4, -0.2) is 15.9 Å². The summed E-state index contributed by atoms with van der Waals surface area (Å²) in [5.74, 6) is 0.657. The van der Waals surface area contributed by atoms with Crippen LogP contribution in [0.1, 0.15) is 15.5 Å². The van der Waals surface area contributed by atoms with Gasteiger partial charge < -0.3 is 10.3 Å². The van der Waals surface area contributed by atoms with Gasteiger partial charge in [0.2, 0.25) is 0 Å². The Morgan fingerprint density at radius 3 is 2.95 bits per heavy atom. The molecule has 0 radical (unpaired) electrons. The predicted octanol–water partition coefficient (Wildman–Crippen LogP) is 3.32. The highest BCUT2D eigenvalue weighted by atomic mass is 79.9. The molecular formula is C13H10BrN3OS. The molecule has 4 nitrogen and oxygen atoms in total. The van der Waals surface area contributed by atoms with Crippen molar-refractivity contribution in [1.29, 1.82) is 0 Å². The summed E-state index contributed by atoms with van der Waals surface area (Å²) in [7, 11) is 0. The van der Waals surface area contributed by atoms with Crippen LogP contribution in [0.2, 0.25) is 0 Å². The molecule has 2 heterocycles. The zero-order valence-corrected chi connectivity index (χ0v) is 12.2. The van der Waals surface area contributed by atoms with Gasteiger partial charge in [-0.2, -0.15) is 0 Å². The second-order valence-corrected chi connectivity index (χ2v) is 5.75. The Labute approximate surface area is 122 Å². The Bertz CT molecular complexity index is 701. The molecule has 0 bridgehead atoms. The molecule has 0 atom stereocenters. The van der Waals surface area contributed by atoms with E-state index in [2.05, 4.69) is 31.2 Å². The van der Waals surface area contributed by atoms with E-state index < -0.39 is 0 Å². The summed E-state index contributed by atoms with van der Waals surface area (Å²) in [6.07, 6.45) is 0. The highest BCUT2D eigenvalue weighted by Crippen LogP contribution is 2.22. The fraction of sp³-hybridized carbons (Fsp3) is 0.0769. The Morgan fingerprint density at radius 1 is 1.37 bits per heavy atom. The Morgan fingerprint density at radius 2 is 2.21 bits per heavy atom. The van der Waals surface area contributed by atoms with Gasteiger partial charge >= 0.3 is 0 Å². The van der Waals surface area contributed by atoms with Gasteiger partial charge in [-0.15, -0.1) is 11.3 Å². The summed E-state index contributed by atoms with van der Waals surface area (Å²) in [5.41, 5.74) is 1.88. The van der Waals surface area contributed by atoms with Crippen LogP contribution in [-0.2, 0) is 6.54 Å². The van der Waals surface area contributed by atoms with Crippen molar-refractivity contribution in [2.24, 2.45) is 0 Å². The molecule has 0 fully saturated rings. The molecule has 0 saturated carbocycles. The van der Waals surface area contributed by atoms with Crippen molar-refractivity contribution in [3.63, 3.8) is 0 Å². The van der Waals surface area contributed by atoms with E-state index in [4.69, 9.17) is 0 Å². The van der Waals surface area contributed by atoms with Crippen molar-refractivity contribution in [3.05, 3.63) is 50.9 Å². The number of carbonyl (C=O) groups is 1. The molecule has 2 N–H and O–H groups in total. The summed E-state index contributed by atoms with van der Waals surface area (Å²) >= 11 is 4.76. The van der Waals surface area contributed by atoms with Crippen LogP contribution in [0.5, 0.6) is 0 Å². The first-order chi connectivity index (χ1) is 9.24. The number of hydrogen-bond acceptors (Lipinski definition) is 3. The first kappa shape index (κ1) is 12.4. The number of thiophene rings is 1. The maximum atomic E-state index is 11.9. The largest absolute Gasteiger partial charge is 0.344 e. The van der Waals surface area contributed by atoms with Gasteiger partial charge in [0, 0.05) is 4.47 Å². The molecule has 19 heavy (non-hydrogen) atoms. The third-order valence-electron chi connectivity index (χ3n) is 2.68. The Hall–Kier alpha value is -1.66. The van der Waals surface area contributed by atoms with Crippen LogP contribution in [0.4, 0.5) is 0 Å². The smallest absolute Gasteiger partial charge is 0.262 e. The van der Waals surface area contributed by atoms with Crippen LogP contribution in [0, 0.1) is 0 Å². The van der Waals surface area contributed by atoms with E-state index in [9.17, 15) is 4.79 Å². The van der Waals surface area contributed by atoms with Gasteiger partial charge in [-0.25, -0.2) is 4.98 Å². The number of benzene rings is 1. The number of nitrogens with zero attached hydrogens (tertiary/aromatic N) is 1. The molecule has 0 aliphatic heterocycles. The molecule has 0 saturated heterocycles. The van der Waals surface area contributed by atoms with Gasteiger partial charge in [0.05, 0.1) is 17.6 Å². The number of rotatable bonds is 3. The number of para-hydroxylation sites is 2. The maximum absolute atomic E-state index is 11.9. The van der Waals surface area contributed by atoms with E-state index in [1.807, 2.05) is 35.7 Å². The molecule has 1 aromatic carbocycles. The van der Waals surface area contributed by atoms with Crippen molar-refractivity contribution in [2.45, 2.75) is 6.54 Å². The zero-order valence-electron chi connectivity index (χ0n) is 9.81. The lowest BCUT2D eigenvalue weighted by atomic mass is 10.3. The standard InChI is InChI=1S/C13H10BrN3OS/c14-8-5-6-19-12(8)13(18)15-7-11-16-9-3-1-2-4-10(9)17-11/h1-6H,7H2,(H,15,18)(H,16,17). The molecule has 0 aliphatic rings. The van der Waals surface area contributed by atoms with E-state index in [-0.39, 0.29) is 5.91 Å². The van der Waals surface area contributed by atoms with E-state index in [0.29, 0.717) is 11.4 Å². The average Bonchev–Trinajstić information content (AvgIpc) is 3.01. The summed E-state index contributed by atoms with van der Waals surface area (Å²) in [4.78, 5) is 20.2. The van der Waals surface area contributed by atoms with Gasteiger partial charge in [-0.3, -0.25) is 4.79 Å². The topological polar surface area (TPSA) is 57.8 Å². The Kier molecular flexibility index (Phi) is 3.35. The number of carbonyl (C=O) groups excluding carboxylic acids is 1. The number of aromatic amines is 1. The van der Waals surface area contributed by atoms with Gasteiger partial charge in [-0.05, 0) is 39.5 Å². The van der Waals surface area contributed by atoms with E-state index >= 15 is 0 Å². The lowest BCUT2D eigenvalue weighted by molar-refractivity contribution is 0.0953. The molecule has 3 aromatic rings. The van der Waals surface area contributed by atoms with Crippen molar-refractivity contribution in [1.82, 2.24) is 15.3 Å². The van der Waals surface area contributed by atoms with Gasteiger partial charge in [-0.1, -0.05) is 12.1 Å². The monoisotopic (exact) mass is 335 g/mol. The minimum Gasteiger partial charge on any atom is -0.344 e.